The summed E-state index contributed by atoms with van der Waals surface area (Å²) in [5, 5.41) is 7.08. The number of aromatic amines is 1. The van der Waals surface area contributed by atoms with E-state index < -0.39 is 0 Å². The molecule has 0 aliphatic carbocycles. The molecule has 0 bridgehead atoms. The van der Waals surface area contributed by atoms with E-state index in [1.54, 1.807) is 12.4 Å². The van der Waals surface area contributed by atoms with E-state index in [4.69, 9.17) is 4.74 Å². The minimum Gasteiger partial charge on any atom is -0.366 e. The zero-order valence-electron chi connectivity index (χ0n) is 13.2. The Kier molecular flexibility index (Phi) is 4.97. The van der Waals surface area contributed by atoms with Crippen molar-refractivity contribution in [3.63, 3.8) is 0 Å². The number of amides is 1. The lowest BCUT2D eigenvalue weighted by atomic mass is 10.1. The molecule has 122 valence electrons. The Morgan fingerprint density at radius 1 is 1.43 bits per heavy atom. The molecule has 1 saturated heterocycles. The third kappa shape index (κ3) is 3.92. The third-order valence-electron chi connectivity index (χ3n) is 3.97. The Morgan fingerprint density at radius 3 is 3.00 bits per heavy atom. The molecule has 7 heteroatoms. The Hall–Kier alpha value is -2.28. The number of morpholine rings is 1. The molecular formula is C16H21N5O2. The van der Waals surface area contributed by atoms with Gasteiger partial charge in [0.05, 0.1) is 13.2 Å². The highest BCUT2D eigenvalue weighted by atomic mass is 16.5. The lowest BCUT2D eigenvalue weighted by Gasteiger charge is -2.31. The molecule has 1 amide bonds. The number of hydrogen-bond acceptors (Lipinski definition) is 5. The Balaban J connectivity index is 1.56. The van der Waals surface area contributed by atoms with Crippen LogP contribution in [-0.4, -0.2) is 50.7 Å². The lowest BCUT2D eigenvalue weighted by Crippen LogP contribution is -2.42. The van der Waals surface area contributed by atoms with Gasteiger partial charge in [-0.25, -0.2) is 4.98 Å². The fraction of sp³-hybridized carbons (Fsp3) is 0.500. The molecule has 1 aliphatic heterocycles. The molecule has 3 heterocycles. The molecule has 3 rings (SSSR count). The number of nitrogens with zero attached hydrogens (tertiary/aromatic N) is 4. The second kappa shape index (κ2) is 7.32. The van der Waals surface area contributed by atoms with E-state index in [1.165, 1.54) is 0 Å². The van der Waals surface area contributed by atoms with Crippen LogP contribution in [0.4, 0.5) is 0 Å². The van der Waals surface area contributed by atoms with Gasteiger partial charge in [0, 0.05) is 31.8 Å². The van der Waals surface area contributed by atoms with E-state index >= 15 is 0 Å². The normalized spacial score (nSPS) is 18.1. The topological polar surface area (TPSA) is 84.0 Å². The zero-order chi connectivity index (χ0) is 16.1. The number of rotatable bonds is 5. The van der Waals surface area contributed by atoms with Crippen LogP contribution in [0, 0.1) is 0 Å². The zero-order valence-corrected chi connectivity index (χ0v) is 13.2. The quantitative estimate of drug-likeness (QED) is 0.899. The minimum absolute atomic E-state index is 0.140. The summed E-state index contributed by atoms with van der Waals surface area (Å²) in [5.41, 5.74) is 1.12. The van der Waals surface area contributed by atoms with Crippen molar-refractivity contribution in [3.05, 3.63) is 41.7 Å². The van der Waals surface area contributed by atoms with Gasteiger partial charge >= 0.3 is 0 Å². The summed E-state index contributed by atoms with van der Waals surface area (Å²) in [7, 11) is 0. The summed E-state index contributed by atoms with van der Waals surface area (Å²) in [5.74, 6) is 1.61. The molecule has 0 radical (unpaired) electrons. The number of H-pyrrole nitrogens is 1. The van der Waals surface area contributed by atoms with Crippen LogP contribution in [0.2, 0.25) is 0 Å². The van der Waals surface area contributed by atoms with Crippen molar-refractivity contribution in [3.8, 4) is 0 Å². The molecule has 2 aromatic heterocycles. The first-order valence-electron chi connectivity index (χ1n) is 7.95. The maximum Gasteiger partial charge on any atom is 0.223 e. The average Bonchev–Trinajstić information content (AvgIpc) is 3.10. The summed E-state index contributed by atoms with van der Waals surface area (Å²) in [4.78, 5) is 22.6. The van der Waals surface area contributed by atoms with Crippen molar-refractivity contribution < 1.29 is 9.53 Å². The number of aromatic nitrogens is 4. The van der Waals surface area contributed by atoms with Crippen molar-refractivity contribution in [1.82, 2.24) is 25.1 Å². The van der Waals surface area contributed by atoms with Crippen LogP contribution in [0.1, 0.15) is 36.7 Å². The van der Waals surface area contributed by atoms with Gasteiger partial charge in [-0.1, -0.05) is 6.92 Å². The van der Waals surface area contributed by atoms with Crippen molar-refractivity contribution in [2.24, 2.45) is 0 Å². The van der Waals surface area contributed by atoms with Crippen molar-refractivity contribution in [1.29, 1.82) is 0 Å². The number of hydrogen-bond donors (Lipinski definition) is 1. The van der Waals surface area contributed by atoms with Gasteiger partial charge in [0.15, 0.2) is 5.82 Å². The van der Waals surface area contributed by atoms with E-state index in [9.17, 15) is 4.79 Å². The number of nitrogens with one attached hydrogen (secondary N) is 1. The lowest BCUT2D eigenvalue weighted by molar-refractivity contribution is -0.139. The van der Waals surface area contributed by atoms with Gasteiger partial charge in [-0.15, -0.1) is 0 Å². The molecule has 1 N–H and O–H groups in total. The number of ether oxygens (including phenoxy) is 1. The average molecular weight is 315 g/mol. The van der Waals surface area contributed by atoms with Crippen LogP contribution in [0.5, 0.6) is 0 Å². The highest BCUT2D eigenvalue weighted by Crippen LogP contribution is 2.20. The Morgan fingerprint density at radius 2 is 2.26 bits per heavy atom. The van der Waals surface area contributed by atoms with Crippen LogP contribution in [0.25, 0.3) is 0 Å². The monoisotopic (exact) mass is 315 g/mol. The molecule has 7 nitrogen and oxygen atoms in total. The van der Waals surface area contributed by atoms with Crippen LogP contribution in [-0.2, 0) is 22.4 Å². The predicted molar refractivity (Wildman–Crippen MR) is 83.6 cm³/mol. The molecule has 23 heavy (non-hydrogen) atoms. The van der Waals surface area contributed by atoms with E-state index in [0.717, 1.165) is 24.2 Å². The standard InChI is InChI=1S/C16H21N5O2/c1-2-14-18-16(20-19-14)13-11-21(9-10-23-13)15(22)4-3-12-5-7-17-8-6-12/h5-8,13H,2-4,9-11H2,1H3,(H,18,19,20)/t13-/m1/s1. The number of pyridine rings is 1. The van der Waals surface area contributed by atoms with E-state index in [-0.39, 0.29) is 12.0 Å². The van der Waals surface area contributed by atoms with Gasteiger partial charge in [-0.05, 0) is 24.1 Å². The van der Waals surface area contributed by atoms with Crippen LogP contribution in [0.15, 0.2) is 24.5 Å². The highest BCUT2D eigenvalue weighted by molar-refractivity contribution is 5.76. The molecule has 0 aromatic carbocycles. The molecule has 0 unspecified atom stereocenters. The van der Waals surface area contributed by atoms with Crippen LogP contribution >= 0.6 is 0 Å². The summed E-state index contributed by atoms with van der Waals surface area (Å²) in [6.45, 7) is 3.66. The number of aryl methyl sites for hydroxylation is 2. The summed E-state index contributed by atoms with van der Waals surface area (Å²) in [6, 6.07) is 3.88. The molecule has 0 spiro atoms. The third-order valence-corrected chi connectivity index (χ3v) is 3.97. The minimum atomic E-state index is -0.245. The molecule has 0 saturated carbocycles. The first-order chi connectivity index (χ1) is 11.3. The van der Waals surface area contributed by atoms with Gasteiger partial charge in [0.1, 0.15) is 11.9 Å². The first-order valence-corrected chi connectivity index (χ1v) is 7.95. The fourth-order valence-corrected chi connectivity index (χ4v) is 2.60. The molecule has 2 aromatic rings. The molecule has 1 fully saturated rings. The van der Waals surface area contributed by atoms with Gasteiger partial charge in [0.25, 0.3) is 0 Å². The second-order valence-electron chi connectivity index (χ2n) is 5.55. The van der Waals surface area contributed by atoms with E-state index in [2.05, 4.69) is 20.2 Å². The SMILES string of the molecule is CCc1nc([C@H]2CN(C(=O)CCc3ccncc3)CCO2)n[nH]1. The predicted octanol–water partition coefficient (Wildman–Crippen LogP) is 1.29. The van der Waals surface area contributed by atoms with Crippen molar-refractivity contribution in [2.75, 3.05) is 19.7 Å². The number of carbonyl (C=O) groups excluding carboxylic acids is 1. The van der Waals surface area contributed by atoms with Gasteiger partial charge < -0.3 is 9.64 Å². The van der Waals surface area contributed by atoms with E-state index in [0.29, 0.717) is 31.9 Å². The van der Waals surface area contributed by atoms with Crippen molar-refractivity contribution in [2.45, 2.75) is 32.3 Å². The number of carbonyl (C=O) groups is 1. The van der Waals surface area contributed by atoms with E-state index in [1.807, 2.05) is 24.0 Å². The maximum absolute atomic E-state index is 12.4. The largest absolute Gasteiger partial charge is 0.366 e. The summed E-state index contributed by atoms with van der Waals surface area (Å²) >= 11 is 0. The molecular weight excluding hydrogens is 294 g/mol. The van der Waals surface area contributed by atoms with Crippen LogP contribution < -0.4 is 0 Å². The smallest absolute Gasteiger partial charge is 0.223 e. The van der Waals surface area contributed by atoms with Crippen LogP contribution in [0.3, 0.4) is 0 Å². The Bertz CT molecular complexity index is 643. The highest BCUT2D eigenvalue weighted by Gasteiger charge is 2.27. The first kappa shape index (κ1) is 15.6. The molecule has 1 aliphatic rings. The fourth-order valence-electron chi connectivity index (χ4n) is 2.60. The van der Waals surface area contributed by atoms with Gasteiger partial charge in [-0.3, -0.25) is 14.9 Å². The van der Waals surface area contributed by atoms with Gasteiger partial charge in [-0.2, -0.15) is 5.10 Å². The summed E-state index contributed by atoms with van der Waals surface area (Å²) in [6.07, 6.45) is 5.27. The second-order valence-corrected chi connectivity index (χ2v) is 5.55. The maximum atomic E-state index is 12.4. The Labute approximate surface area is 135 Å². The van der Waals surface area contributed by atoms with Crippen molar-refractivity contribution >= 4 is 5.91 Å². The molecule has 1 atom stereocenters. The summed E-state index contributed by atoms with van der Waals surface area (Å²) < 4.78 is 5.72. The van der Waals surface area contributed by atoms with Gasteiger partial charge in [0.2, 0.25) is 5.91 Å².